The van der Waals surface area contributed by atoms with E-state index in [2.05, 4.69) is 0 Å². The molecule has 1 amide bonds. The first-order valence-corrected chi connectivity index (χ1v) is 9.01. The molecule has 0 saturated carbocycles. The molecule has 118 valence electrons. The summed E-state index contributed by atoms with van der Waals surface area (Å²) in [5.74, 6) is -0.403. The molecule has 5 nitrogen and oxygen atoms in total. The molecule has 2 unspecified atom stereocenters. The lowest BCUT2D eigenvalue weighted by atomic mass is 10.1. The van der Waals surface area contributed by atoms with Gasteiger partial charge in [0.2, 0.25) is 5.91 Å². The predicted octanol–water partition coefficient (Wildman–Crippen LogP) is 1.62. The fourth-order valence-corrected chi connectivity index (χ4v) is 2.92. The second-order valence-corrected chi connectivity index (χ2v) is 7.84. The van der Waals surface area contributed by atoms with Gasteiger partial charge in [-0.05, 0) is 25.0 Å². The van der Waals surface area contributed by atoms with E-state index in [1.165, 1.54) is 4.90 Å². The Balaban J connectivity index is 2.76. The lowest BCUT2D eigenvalue weighted by Gasteiger charge is -2.28. The van der Waals surface area contributed by atoms with Crippen LogP contribution in [0, 0.1) is 0 Å². The summed E-state index contributed by atoms with van der Waals surface area (Å²) in [6, 6.07) is 6.19. The SMILES string of the molecule is CC(c1ccccc1Cl)N(C)C(=O)C(N)CCS(C)(=O)=O. The Morgan fingerprint density at radius 1 is 1.38 bits per heavy atom. The highest BCUT2D eigenvalue weighted by Crippen LogP contribution is 2.26. The quantitative estimate of drug-likeness (QED) is 0.858. The van der Waals surface area contributed by atoms with Crippen molar-refractivity contribution in [1.82, 2.24) is 4.90 Å². The minimum Gasteiger partial charge on any atom is -0.338 e. The summed E-state index contributed by atoms with van der Waals surface area (Å²) < 4.78 is 22.3. The first-order chi connectivity index (χ1) is 9.63. The highest BCUT2D eigenvalue weighted by Gasteiger charge is 2.24. The van der Waals surface area contributed by atoms with Crippen LogP contribution in [0.2, 0.25) is 5.02 Å². The summed E-state index contributed by atoms with van der Waals surface area (Å²) in [6.45, 7) is 1.85. The number of nitrogens with two attached hydrogens (primary N) is 1. The van der Waals surface area contributed by atoms with E-state index in [0.717, 1.165) is 11.8 Å². The number of hydrogen-bond donors (Lipinski definition) is 1. The molecule has 2 atom stereocenters. The van der Waals surface area contributed by atoms with Crippen molar-refractivity contribution < 1.29 is 13.2 Å². The Bertz CT molecular complexity index is 604. The molecule has 0 fully saturated rings. The van der Waals surface area contributed by atoms with Gasteiger partial charge < -0.3 is 10.6 Å². The molecule has 0 aromatic heterocycles. The molecule has 0 bridgehead atoms. The van der Waals surface area contributed by atoms with Crippen LogP contribution in [0.3, 0.4) is 0 Å². The van der Waals surface area contributed by atoms with Gasteiger partial charge in [-0.2, -0.15) is 0 Å². The van der Waals surface area contributed by atoms with Crippen molar-refractivity contribution >= 4 is 27.3 Å². The van der Waals surface area contributed by atoms with Crippen molar-refractivity contribution in [3.05, 3.63) is 34.9 Å². The van der Waals surface area contributed by atoms with E-state index in [9.17, 15) is 13.2 Å². The van der Waals surface area contributed by atoms with Crippen molar-refractivity contribution in [3.63, 3.8) is 0 Å². The Labute approximate surface area is 131 Å². The monoisotopic (exact) mass is 332 g/mol. The largest absolute Gasteiger partial charge is 0.338 e. The first kappa shape index (κ1) is 17.9. The van der Waals surface area contributed by atoms with Gasteiger partial charge in [0.25, 0.3) is 0 Å². The van der Waals surface area contributed by atoms with Crippen LogP contribution in [0.15, 0.2) is 24.3 Å². The summed E-state index contributed by atoms with van der Waals surface area (Å²) in [7, 11) is -1.49. The molecule has 0 aliphatic rings. The maximum absolute atomic E-state index is 12.2. The summed E-state index contributed by atoms with van der Waals surface area (Å²) in [5, 5.41) is 0.578. The normalized spacial score (nSPS) is 14.5. The number of nitrogens with zero attached hydrogens (tertiary/aromatic N) is 1. The maximum Gasteiger partial charge on any atom is 0.239 e. The molecule has 0 saturated heterocycles. The molecule has 0 spiro atoms. The fourth-order valence-electron chi connectivity index (χ4n) is 1.94. The Kier molecular flexibility index (Phi) is 6.19. The lowest BCUT2D eigenvalue weighted by molar-refractivity contribution is -0.133. The van der Waals surface area contributed by atoms with Gasteiger partial charge in [0, 0.05) is 18.3 Å². The predicted molar refractivity (Wildman–Crippen MR) is 84.9 cm³/mol. The Hall–Kier alpha value is -1.11. The second-order valence-electron chi connectivity index (χ2n) is 5.17. The molecule has 7 heteroatoms. The number of likely N-dealkylation sites (N-methyl/N-ethyl adjacent to an activating group) is 1. The molecular weight excluding hydrogens is 312 g/mol. The molecular formula is C14H21ClN2O3S. The average molecular weight is 333 g/mol. The third-order valence-electron chi connectivity index (χ3n) is 3.40. The van der Waals surface area contributed by atoms with Crippen molar-refractivity contribution in [2.75, 3.05) is 19.1 Å². The van der Waals surface area contributed by atoms with E-state index in [4.69, 9.17) is 17.3 Å². The molecule has 21 heavy (non-hydrogen) atoms. The first-order valence-electron chi connectivity index (χ1n) is 6.58. The molecule has 1 aromatic carbocycles. The standard InChI is InChI=1S/C14H21ClN2O3S/c1-10(11-6-4-5-7-12(11)15)17(2)14(18)13(16)8-9-21(3,19)20/h4-7,10,13H,8-9,16H2,1-3H3. The van der Waals surface area contributed by atoms with Gasteiger partial charge in [0.15, 0.2) is 0 Å². The number of benzene rings is 1. The zero-order valence-corrected chi connectivity index (χ0v) is 14.0. The van der Waals surface area contributed by atoms with Crippen LogP contribution in [0.1, 0.15) is 24.9 Å². The van der Waals surface area contributed by atoms with Crippen molar-refractivity contribution in [1.29, 1.82) is 0 Å². The summed E-state index contributed by atoms with van der Waals surface area (Å²) in [5.41, 5.74) is 6.61. The van der Waals surface area contributed by atoms with E-state index in [1.54, 1.807) is 13.1 Å². The lowest BCUT2D eigenvalue weighted by Crippen LogP contribution is -2.43. The average Bonchev–Trinajstić information content (AvgIpc) is 2.42. The van der Waals surface area contributed by atoms with Crippen LogP contribution in [-0.2, 0) is 14.6 Å². The molecule has 0 aliphatic heterocycles. The molecule has 0 radical (unpaired) electrons. The van der Waals surface area contributed by atoms with Gasteiger partial charge in [0.1, 0.15) is 9.84 Å². The van der Waals surface area contributed by atoms with Gasteiger partial charge >= 0.3 is 0 Å². The van der Waals surface area contributed by atoms with E-state index in [0.29, 0.717) is 5.02 Å². The van der Waals surface area contributed by atoms with Crippen LogP contribution < -0.4 is 5.73 Å². The van der Waals surface area contributed by atoms with Gasteiger partial charge in [-0.1, -0.05) is 29.8 Å². The third kappa shape index (κ3) is 5.30. The number of carbonyl (C=O) groups excluding carboxylic acids is 1. The van der Waals surface area contributed by atoms with Crippen molar-refractivity contribution in [3.8, 4) is 0 Å². The van der Waals surface area contributed by atoms with Crippen LogP contribution in [-0.4, -0.2) is 44.3 Å². The second kappa shape index (κ2) is 7.24. The summed E-state index contributed by atoms with van der Waals surface area (Å²) in [6.07, 6.45) is 1.23. The third-order valence-corrected chi connectivity index (χ3v) is 4.72. The van der Waals surface area contributed by atoms with Gasteiger partial charge in [-0.15, -0.1) is 0 Å². The fraction of sp³-hybridized carbons (Fsp3) is 0.500. The summed E-state index contributed by atoms with van der Waals surface area (Å²) in [4.78, 5) is 13.7. The van der Waals surface area contributed by atoms with Crippen LogP contribution in [0.5, 0.6) is 0 Å². The molecule has 2 N–H and O–H groups in total. The minimum absolute atomic E-state index is 0.103. The van der Waals surface area contributed by atoms with E-state index in [-0.39, 0.29) is 24.1 Å². The number of carbonyl (C=O) groups is 1. The molecule has 0 aliphatic carbocycles. The van der Waals surface area contributed by atoms with Gasteiger partial charge in [-0.3, -0.25) is 4.79 Å². The smallest absolute Gasteiger partial charge is 0.239 e. The highest BCUT2D eigenvalue weighted by molar-refractivity contribution is 7.90. The van der Waals surface area contributed by atoms with Crippen LogP contribution in [0.25, 0.3) is 0 Å². The van der Waals surface area contributed by atoms with Crippen molar-refractivity contribution in [2.45, 2.75) is 25.4 Å². The molecule has 0 heterocycles. The van der Waals surface area contributed by atoms with Crippen LogP contribution >= 0.6 is 11.6 Å². The summed E-state index contributed by atoms with van der Waals surface area (Å²) >= 11 is 6.12. The van der Waals surface area contributed by atoms with Crippen molar-refractivity contribution in [2.24, 2.45) is 5.73 Å². The Morgan fingerprint density at radius 3 is 2.48 bits per heavy atom. The van der Waals surface area contributed by atoms with Gasteiger partial charge in [-0.25, -0.2) is 8.42 Å². The van der Waals surface area contributed by atoms with E-state index >= 15 is 0 Å². The number of sulfone groups is 1. The highest BCUT2D eigenvalue weighted by atomic mass is 35.5. The maximum atomic E-state index is 12.2. The number of rotatable bonds is 6. The van der Waals surface area contributed by atoms with E-state index < -0.39 is 15.9 Å². The number of hydrogen-bond acceptors (Lipinski definition) is 4. The number of amides is 1. The Morgan fingerprint density at radius 2 is 1.95 bits per heavy atom. The minimum atomic E-state index is -3.13. The number of halogens is 1. The zero-order valence-electron chi connectivity index (χ0n) is 12.4. The zero-order chi connectivity index (χ0) is 16.2. The van der Waals surface area contributed by atoms with Gasteiger partial charge in [0.05, 0.1) is 17.8 Å². The van der Waals surface area contributed by atoms with E-state index in [1.807, 2.05) is 25.1 Å². The topological polar surface area (TPSA) is 80.5 Å². The van der Waals surface area contributed by atoms with Crippen LogP contribution in [0.4, 0.5) is 0 Å². The molecule has 1 rings (SSSR count). The molecule has 1 aromatic rings.